The smallest absolute Gasteiger partial charge is 0.271 e. The molecule has 0 aliphatic carbocycles. The van der Waals surface area contributed by atoms with Crippen molar-refractivity contribution < 1.29 is 14.3 Å². The maximum Gasteiger partial charge on any atom is 0.271 e. The molecule has 0 spiro atoms. The Labute approximate surface area is 153 Å². The molecule has 3 fully saturated rings. The predicted molar refractivity (Wildman–Crippen MR) is 94.5 cm³/mol. The Bertz CT molecular complexity index is 658. The number of rotatable bonds is 3. The van der Waals surface area contributed by atoms with Crippen LogP contribution >= 0.6 is 0 Å². The molecule has 0 radical (unpaired) electrons. The number of ether oxygens (including phenoxy) is 1. The van der Waals surface area contributed by atoms with Gasteiger partial charge in [0.1, 0.15) is 5.69 Å². The SMILES string of the molecule is Cc1cnc(C(=O)NC2C[C@H]3CC[C@@H](C2)N3C(=O)C2CCOCC2)cn1. The highest BCUT2D eigenvalue weighted by atomic mass is 16.5. The lowest BCUT2D eigenvalue weighted by Crippen LogP contribution is -2.54. The van der Waals surface area contributed by atoms with Crippen LogP contribution in [0.15, 0.2) is 12.4 Å². The lowest BCUT2D eigenvalue weighted by molar-refractivity contribution is -0.143. The molecule has 3 aliphatic heterocycles. The molecule has 26 heavy (non-hydrogen) atoms. The maximum absolute atomic E-state index is 13.0. The molecule has 7 nitrogen and oxygen atoms in total. The summed E-state index contributed by atoms with van der Waals surface area (Å²) >= 11 is 0. The van der Waals surface area contributed by atoms with Crippen molar-refractivity contribution in [2.75, 3.05) is 13.2 Å². The van der Waals surface area contributed by atoms with Crippen LogP contribution in [0.3, 0.4) is 0 Å². The Hall–Kier alpha value is -2.02. The number of carbonyl (C=O) groups is 2. The van der Waals surface area contributed by atoms with Gasteiger partial charge in [-0.15, -0.1) is 0 Å². The lowest BCUT2D eigenvalue weighted by atomic mass is 9.92. The Balaban J connectivity index is 1.37. The number of nitrogens with one attached hydrogen (secondary N) is 1. The summed E-state index contributed by atoms with van der Waals surface area (Å²) in [5.41, 5.74) is 1.14. The van der Waals surface area contributed by atoms with E-state index in [0.717, 1.165) is 44.2 Å². The molecule has 1 N–H and O–H groups in total. The van der Waals surface area contributed by atoms with E-state index in [2.05, 4.69) is 20.2 Å². The number of aryl methyl sites for hydroxylation is 1. The Morgan fingerprint density at radius 2 is 1.77 bits per heavy atom. The van der Waals surface area contributed by atoms with E-state index in [1.54, 1.807) is 6.20 Å². The van der Waals surface area contributed by atoms with Gasteiger partial charge >= 0.3 is 0 Å². The van der Waals surface area contributed by atoms with Crippen LogP contribution in [0.5, 0.6) is 0 Å². The van der Waals surface area contributed by atoms with Crippen LogP contribution in [-0.2, 0) is 9.53 Å². The predicted octanol–water partition coefficient (Wildman–Crippen LogP) is 1.46. The molecule has 2 amide bonds. The Kier molecular flexibility index (Phi) is 4.89. The van der Waals surface area contributed by atoms with Crippen LogP contribution in [0.25, 0.3) is 0 Å². The van der Waals surface area contributed by atoms with Crippen LogP contribution in [0, 0.1) is 12.8 Å². The molecule has 7 heteroatoms. The zero-order chi connectivity index (χ0) is 18.1. The largest absolute Gasteiger partial charge is 0.381 e. The third-order valence-electron chi connectivity index (χ3n) is 5.91. The first-order valence-electron chi connectivity index (χ1n) is 9.61. The first kappa shape index (κ1) is 17.4. The number of fused-ring (bicyclic) bond motifs is 2. The number of aromatic nitrogens is 2. The molecule has 140 valence electrons. The second kappa shape index (κ2) is 7.31. The third-order valence-corrected chi connectivity index (χ3v) is 5.91. The normalized spacial score (nSPS) is 28.8. The maximum atomic E-state index is 13.0. The molecule has 3 atom stereocenters. The number of piperidine rings is 1. The number of nitrogens with zero attached hydrogens (tertiary/aromatic N) is 3. The van der Waals surface area contributed by atoms with E-state index >= 15 is 0 Å². The van der Waals surface area contributed by atoms with Gasteiger partial charge in [-0.2, -0.15) is 0 Å². The summed E-state index contributed by atoms with van der Waals surface area (Å²) in [6, 6.07) is 0.596. The number of hydrogen-bond acceptors (Lipinski definition) is 5. The van der Waals surface area contributed by atoms with E-state index in [9.17, 15) is 9.59 Å². The van der Waals surface area contributed by atoms with Crippen LogP contribution in [-0.4, -0.2) is 58.0 Å². The fourth-order valence-electron chi connectivity index (χ4n) is 4.58. The zero-order valence-electron chi connectivity index (χ0n) is 15.2. The van der Waals surface area contributed by atoms with Crippen LogP contribution < -0.4 is 5.32 Å². The van der Waals surface area contributed by atoms with Crippen molar-refractivity contribution in [3.8, 4) is 0 Å². The van der Waals surface area contributed by atoms with Gasteiger partial charge in [0.25, 0.3) is 5.91 Å². The minimum Gasteiger partial charge on any atom is -0.381 e. The standard InChI is InChI=1S/C19H26N4O3/c1-12-10-21-17(11-20-12)18(24)22-14-8-15-2-3-16(9-14)23(15)19(25)13-4-6-26-7-5-13/h10-11,13-16H,2-9H2,1H3,(H,22,24)/t14?,15-,16+. The van der Waals surface area contributed by atoms with E-state index in [1.807, 2.05) is 6.92 Å². The summed E-state index contributed by atoms with van der Waals surface area (Å²) in [4.78, 5) is 35.8. The molecular weight excluding hydrogens is 332 g/mol. The summed E-state index contributed by atoms with van der Waals surface area (Å²) in [7, 11) is 0. The van der Waals surface area contributed by atoms with Crippen molar-refractivity contribution >= 4 is 11.8 Å². The molecule has 1 aromatic heterocycles. The average Bonchev–Trinajstić information content (AvgIpc) is 2.93. The van der Waals surface area contributed by atoms with E-state index in [4.69, 9.17) is 4.74 Å². The van der Waals surface area contributed by atoms with Crippen LogP contribution in [0.1, 0.15) is 54.7 Å². The molecule has 1 aromatic rings. The number of hydrogen-bond donors (Lipinski definition) is 1. The van der Waals surface area contributed by atoms with Gasteiger partial charge in [0.15, 0.2) is 0 Å². The second-order valence-corrected chi connectivity index (χ2v) is 7.70. The van der Waals surface area contributed by atoms with Crippen molar-refractivity contribution in [2.45, 2.75) is 63.6 Å². The molecule has 2 bridgehead atoms. The second-order valence-electron chi connectivity index (χ2n) is 7.70. The van der Waals surface area contributed by atoms with Gasteiger partial charge in [-0.1, -0.05) is 0 Å². The van der Waals surface area contributed by atoms with Crippen LogP contribution in [0.4, 0.5) is 0 Å². The molecule has 4 rings (SSSR count). The van der Waals surface area contributed by atoms with Gasteiger partial charge in [0.2, 0.25) is 5.91 Å². The highest BCUT2D eigenvalue weighted by molar-refractivity contribution is 5.92. The summed E-state index contributed by atoms with van der Waals surface area (Å²) in [6.45, 7) is 3.23. The summed E-state index contributed by atoms with van der Waals surface area (Å²) in [5.74, 6) is 0.238. The number of amides is 2. The van der Waals surface area contributed by atoms with E-state index < -0.39 is 0 Å². The lowest BCUT2D eigenvalue weighted by Gasteiger charge is -2.41. The minimum absolute atomic E-state index is 0.0989. The number of carbonyl (C=O) groups excluding carboxylic acids is 2. The molecule has 4 heterocycles. The van der Waals surface area contributed by atoms with Gasteiger partial charge in [-0.25, -0.2) is 4.98 Å². The van der Waals surface area contributed by atoms with Crippen molar-refractivity contribution in [2.24, 2.45) is 5.92 Å². The Morgan fingerprint density at radius 1 is 1.08 bits per heavy atom. The van der Waals surface area contributed by atoms with E-state index in [0.29, 0.717) is 24.8 Å². The third kappa shape index (κ3) is 3.45. The van der Waals surface area contributed by atoms with E-state index in [1.165, 1.54) is 6.20 Å². The highest BCUT2D eigenvalue weighted by Gasteiger charge is 2.45. The van der Waals surface area contributed by atoms with Crippen molar-refractivity contribution in [3.05, 3.63) is 23.8 Å². The molecule has 3 saturated heterocycles. The van der Waals surface area contributed by atoms with Gasteiger partial charge in [0, 0.05) is 43.5 Å². The highest BCUT2D eigenvalue weighted by Crippen LogP contribution is 2.37. The van der Waals surface area contributed by atoms with Gasteiger partial charge in [-0.3, -0.25) is 14.6 Å². The average molecular weight is 358 g/mol. The first-order chi connectivity index (χ1) is 12.6. The molecule has 1 unspecified atom stereocenters. The van der Waals surface area contributed by atoms with Gasteiger partial charge < -0.3 is 15.0 Å². The quantitative estimate of drug-likeness (QED) is 0.884. The summed E-state index contributed by atoms with van der Waals surface area (Å²) in [5, 5.41) is 3.10. The van der Waals surface area contributed by atoms with E-state index in [-0.39, 0.29) is 30.0 Å². The topological polar surface area (TPSA) is 84.4 Å². The zero-order valence-corrected chi connectivity index (χ0v) is 15.2. The fourth-order valence-corrected chi connectivity index (χ4v) is 4.58. The molecule has 3 aliphatic rings. The van der Waals surface area contributed by atoms with Crippen molar-refractivity contribution in [1.82, 2.24) is 20.2 Å². The van der Waals surface area contributed by atoms with Crippen LogP contribution in [0.2, 0.25) is 0 Å². The fraction of sp³-hybridized carbons (Fsp3) is 0.684. The minimum atomic E-state index is -0.175. The molecule has 0 aromatic carbocycles. The van der Waals surface area contributed by atoms with Crippen molar-refractivity contribution in [1.29, 1.82) is 0 Å². The summed E-state index contributed by atoms with van der Waals surface area (Å²) in [6.07, 6.45) is 8.53. The van der Waals surface area contributed by atoms with Crippen molar-refractivity contribution in [3.63, 3.8) is 0 Å². The monoisotopic (exact) mass is 358 g/mol. The summed E-state index contributed by atoms with van der Waals surface area (Å²) < 4.78 is 5.39. The van der Waals surface area contributed by atoms with Gasteiger partial charge in [-0.05, 0) is 45.4 Å². The molecule has 0 saturated carbocycles. The first-order valence-corrected chi connectivity index (χ1v) is 9.61. The van der Waals surface area contributed by atoms with Gasteiger partial charge in [0.05, 0.1) is 11.9 Å². The molecular formula is C19H26N4O3. The Morgan fingerprint density at radius 3 is 2.38 bits per heavy atom.